The molecule has 0 atom stereocenters. The molecule has 0 radical (unpaired) electrons. The number of carbonyl (C=O) groups is 1. The first-order valence-electron chi connectivity index (χ1n) is 7.97. The van der Waals surface area contributed by atoms with E-state index in [1.54, 1.807) is 0 Å². The van der Waals surface area contributed by atoms with Crippen molar-refractivity contribution in [2.24, 2.45) is 5.10 Å². The van der Waals surface area contributed by atoms with E-state index in [1.807, 2.05) is 30.3 Å². The summed E-state index contributed by atoms with van der Waals surface area (Å²) in [6, 6.07) is 13.8. The quantitative estimate of drug-likeness (QED) is 0.586. The molecular formula is C18H17N3O5. The molecule has 0 bridgehead atoms. The first-order chi connectivity index (χ1) is 12.6. The summed E-state index contributed by atoms with van der Waals surface area (Å²) >= 11 is 0. The summed E-state index contributed by atoms with van der Waals surface area (Å²) in [5.41, 5.74) is 1.54. The van der Waals surface area contributed by atoms with E-state index in [4.69, 9.17) is 9.47 Å². The first-order valence-corrected chi connectivity index (χ1v) is 7.97. The van der Waals surface area contributed by atoms with Gasteiger partial charge in [-0.15, -0.1) is 0 Å². The normalized spacial score (nSPS) is 13.3. The lowest BCUT2D eigenvalue weighted by molar-refractivity contribution is -0.385. The van der Waals surface area contributed by atoms with Gasteiger partial charge in [0.15, 0.2) is 12.4 Å². The van der Waals surface area contributed by atoms with E-state index >= 15 is 0 Å². The van der Waals surface area contributed by atoms with Crippen molar-refractivity contribution in [2.75, 3.05) is 20.3 Å². The van der Waals surface area contributed by atoms with Crippen molar-refractivity contribution in [3.05, 3.63) is 64.2 Å². The standard InChI is InChI=1S/C18H17N3O5/c1-25-14-7-8-17(16(11-14)21(23)24)26-12-18(22)20-10-9-15(19-20)13-5-3-2-4-6-13/h2-8,11H,9-10,12H2,1H3. The lowest BCUT2D eigenvalue weighted by Crippen LogP contribution is -2.28. The van der Waals surface area contributed by atoms with Gasteiger partial charge < -0.3 is 9.47 Å². The number of amides is 1. The molecule has 1 aliphatic heterocycles. The molecule has 26 heavy (non-hydrogen) atoms. The maximum atomic E-state index is 12.3. The van der Waals surface area contributed by atoms with Crippen LogP contribution >= 0.6 is 0 Å². The number of hydrazone groups is 1. The monoisotopic (exact) mass is 355 g/mol. The second-order valence-electron chi connectivity index (χ2n) is 5.56. The Morgan fingerprint density at radius 2 is 2.04 bits per heavy atom. The molecule has 2 aromatic carbocycles. The van der Waals surface area contributed by atoms with E-state index in [-0.39, 0.29) is 24.0 Å². The van der Waals surface area contributed by atoms with E-state index in [1.165, 1.54) is 30.3 Å². The predicted molar refractivity (Wildman–Crippen MR) is 94.5 cm³/mol. The maximum absolute atomic E-state index is 12.3. The number of nitrogens with zero attached hydrogens (tertiary/aromatic N) is 3. The SMILES string of the molecule is COc1ccc(OCC(=O)N2CCC(c3ccccc3)=N2)c([N+](=O)[O-])c1. The Morgan fingerprint density at radius 1 is 1.27 bits per heavy atom. The average Bonchev–Trinajstić information content (AvgIpc) is 3.17. The zero-order valence-corrected chi connectivity index (χ0v) is 14.1. The topological polar surface area (TPSA) is 94.3 Å². The number of nitro benzene ring substituents is 1. The Labute approximate surface area is 149 Å². The molecule has 1 heterocycles. The van der Waals surface area contributed by atoms with Crippen molar-refractivity contribution in [3.63, 3.8) is 0 Å². The molecular weight excluding hydrogens is 338 g/mol. The highest BCUT2D eigenvalue weighted by atomic mass is 16.6. The number of rotatable bonds is 6. The van der Waals surface area contributed by atoms with Gasteiger partial charge in [-0.2, -0.15) is 5.10 Å². The molecule has 134 valence electrons. The van der Waals surface area contributed by atoms with Crippen LogP contribution in [0.2, 0.25) is 0 Å². The Morgan fingerprint density at radius 3 is 2.73 bits per heavy atom. The van der Waals surface area contributed by atoms with Crippen molar-refractivity contribution in [1.82, 2.24) is 5.01 Å². The average molecular weight is 355 g/mol. The van der Waals surface area contributed by atoms with E-state index in [0.29, 0.717) is 18.7 Å². The molecule has 0 fully saturated rings. The molecule has 0 unspecified atom stereocenters. The number of carbonyl (C=O) groups excluding carboxylic acids is 1. The van der Waals surface area contributed by atoms with E-state index in [9.17, 15) is 14.9 Å². The number of benzene rings is 2. The fraction of sp³-hybridized carbons (Fsp3) is 0.222. The highest BCUT2D eigenvalue weighted by Crippen LogP contribution is 2.31. The van der Waals surface area contributed by atoms with Crippen molar-refractivity contribution < 1.29 is 19.2 Å². The number of hydrogen-bond donors (Lipinski definition) is 0. The van der Waals surface area contributed by atoms with E-state index < -0.39 is 4.92 Å². The van der Waals surface area contributed by atoms with Crippen molar-refractivity contribution in [3.8, 4) is 11.5 Å². The molecule has 0 saturated carbocycles. The maximum Gasteiger partial charge on any atom is 0.314 e. The minimum Gasteiger partial charge on any atom is -0.496 e. The fourth-order valence-electron chi connectivity index (χ4n) is 2.57. The molecule has 1 amide bonds. The lowest BCUT2D eigenvalue weighted by atomic mass is 10.1. The van der Waals surface area contributed by atoms with Crippen LogP contribution in [0.1, 0.15) is 12.0 Å². The third-order valence-corrected chi connectivity index (χ3v) is 3.91. The first kappa shape index (κ1) is 17.4. The second-order valence-corrected chi connectivity index (χ2v) is 5.56. The van der Waals surface area contributed by atoms with Crippen LogP contribution in [0.15, 0.2) is 53.6 Å². The lowest BCUT2D eigenvalue weighted by Gasteiger charge is -2.12. The number of ether oxygens (including phenoxy) is 2. The summed E-state index contributed by atoms with van der Waals surface area (Å²) in [6.45, 7) is 0.121. The fourth-order valence-corrected chi connectivity index (χ4v) is 2.57. The van der Waals surface area contributed by atoms with E-state index in [0.717, 1.165) is 11.3 Å². The zero-order chi connectivity index (χ0) is 18.5. The van der Waals surface area contributed by atoms with Crippen molar-refractivity contribution >= 4 is 17.3 Å². The van der Waals surface area contributed by atoms with Crippen LogP contribution in [0, 0.1) is 10.1 Å². The minimum absolute atomic E-state index is 0.00982. The summed E-state index contributed by atoms with van der Waals surface area (Å²) in [7, 11) is 1.42. The third-order valence-electron chi connectivity index (χ3n) is 3.91. The second kappa shape index (κ2) is 7.64. The molecule has 0 spiro atoms. The van der Waals surface area contributed by atoms with Crippen molar-refractivity contribution in [1.29, 1.82) is 0 Å². The van der Waals surface area contributed by atoms with Gasteiger partial charge in [-0.1, -0.05) is 30.3 Å². The third kappa shape index (κ3) is 3.80. The Balaban J connectivity index is 1.66. The number of nitro groups is 1. The van der Waals surface area contributed by atoms with Gasteiger partial charge in [0.25, 0.3) is 5.91 Å². The smallest absolute Gasteiger partial charge is 0.314 e. The molecule has 8 nitrogen and oxygen atoms in total. The van der Waals surface area contributed by atoms with Crippen LogP contribution in [0.25, 0.3) is 0 Å². The van der Waals surface area contributed by atoms with Crippen molar-refractivity contribution in [2.45, 2.75) is 6.42 Å². The van der Waals surface area contributed by atoms with Crippen LogP contribution < -0.4 is 9.47 Å². The Bertz CT molecular complexity index is 851. The van der Waals surface area contributed by atoms with Crippen LogP contribution in [0.4, 0.5) is 5.69 Å². The summed E-state index contributed by atoms with van der Waals surface area (Å²) in [5.74, 6) is -0.0105. The summed E-state index contributed by atoms with van der Waals surface area (Å²) in [5, 5.41) is 16.8. The summed E-state index contributed by atoms with van der Waals surface area (Å²) in [4.78, 5) is 22.9. The largest absolute Gasteiger partial charge is 0.496 e. The van der Waals surface area contributed by atoms with Crippen LogP contribution in [0.3, 0.4) is 0 Å². The van der Waals surface area contributed by atoms with Gasteiger partial charge in [-0.05, 0) is 17.7 Å². The minimum atomic E-state index is -0.580. The van der Waals surface area contributed by atoms with Gasteiger partial charge in [0.1, 0.15) is 5.75 Å². The van der Waals surface area contributed by atoms with Crippen LogP contribution in [0.5, 0.6) is 11.5 Å². The van der Waals surface area contributed by atoms with Gasteiger partial charge in [0, 0.05) is 6.42 Å². The molecule has 0 saturated heterocycles. The van der Waals surface area contributed by atoms with E-state index in [2.05, 4.69) is 5.10 Å². The molecule has 0 N–H and O–H groups in total. The number of methoxy groups -OCH3 is 1. The summed E-state index contributed by atoms with van der Waals surface area (Å²) < 4.78 is 10.3. The van der Waals surface area contributed by atoms with Gasteiger partial charge >= 0.3 is 5.69 Å². The molecule has 3 rings (SSSR count). The van der Waals surface area contributed by atoms with Gasteiger partial charge in [-0.25, -0.2) is 5.01 Å². The predicted octanol–water partition coefficient (Wildman–Crippen LogP) is 2.62. The summed E-state index contributed by atoms with van der Waals surface area (Å²) in [6.07, 6.45) is 0.651. The Hall–Kier alpha value is -3.42. The molecule has 8 heteroatoms. The van der Waals surface area contributed by atoms with Gasteiger partial charge in [0.2, 0.25) is 0 Å². The number of hydrogen-bond acceptors (Lipinski definition) is 6. The zero-order valence-electron chi connectivity index (χ0n) is 14.1. The molecule has 0 aromatic heterocycles. The molecule has 0 aliphatic carbocycles. The van der Waals surface area contributed by atoms with Gasteiger partial charge in [0.05, 0.1) is 30.4 Å². The van der Waals surface area contributed by atoms with Gasteiger partial charge in [-0.3, -0.25) is 14.9 Å². The molecule has 2 aromatic rings. The highest BCUT2D eigenvalue weighted by Gasteiger charge is 2.23. The highest BCUT2D eigenvalue weighted by molar-refractivity contribution is 6.02. The van der Waals surface area contributed by atoms with Crippen LogP contribution in [-0.4, -0.2) is 41.8 Å². The van der Waals surface area contributed by atoms with Crippen LogP contribution in [-0.2, 0) is 4.79 Å². The Kier molecular flexibility index (Phi) is 5.12. The molecule has 1 aliphatic rings.